The second-order valence-corrected chi connectivity index (χ2v) is 5.39. The molecule has 0 aromatic heterocycles. The standard InChI is InChI=1S/C19H22N2O.ClH/c1-21(2)14-13-20-19(22)18(17-11-7-4-8-12-17)15-16-9-5-3-6-10-16;/h3-12,15H,13-14H2,1-2H3,(H,20,22);1H/b18-15+;. The number of halogens is 1. The molecule has 0 atom stereocenters. The Kier molecular flexibility index (Phi) is 8.09. The molecule has 122 valence electrons. The molecule has 0 aliphatic carbocycles. The minimum absolute atomic E-state index is 0. The first-order chi connectivity index (χ1) is 10.7. The van der Waals surface area contributed by atoms with Crippen molar-refractivity contribution < 1.29 is 4.79 Å². The lowest BCUT2D eigenvalue weighted by Gasteiger charge is -2.12. The third-order valence-corrected chi connectivity index (χ3v) is 3.28. The number of carbonyl (C=O) groups is 1. The monoisotopic (exact) mass is 330 g/mol. The van der Waals surface area contributed by atoms with Gasteiger partial charge in [0.1, 0.15) is 0 Å². The maximum absolute atomic E-state index is 12.5. The van der Waals surface area contributed by atoms with Gasteiger partial charge in [0.05, 0.1) is 0 Å². The molecule has 0 heterocycles. The topological polar surface area (TPSA) is 32.3 Å². The van der Waals surface area contributed by atoms with E-state index in [2.05, 4.69) is 5.32 Å². The summed E-state index contributed by atoms with van der Waals surface area (Å²) in [7, 11) is 3.98. The SMILES string of the molecule is CN(C)CCNC(=O)/C(=C/c1ccccc1)c1ccccc1.Cl. The van der Waals surface area contributed by atoms with Crippen LogP contribution in [0.4, 0.5) is 0 Å². The predicted octanol–water partition coefficient (Wildman–Crippen LogP) is 3.33. The molecule has 0 aliphatic heterocycles. The van der Waals surface area contributed by atoms with E-state index in [0.717, 1.165) is 17.7 Å². The second-order valence-electron chi connectivity index (χ2n) is 5.39. The molecule has 0 unspecified atom stereocenters. The molecule has 0 saturated carbocycles. The fourth-order valence-electron chi connectivity index (χ4n) is 2.10. The van der Waals surface area contributed by atoms with Gasteiger partial charge >= 0.3 is 0 Å². The van der Waals surface area contributed by atoms with Crippen LogP contribution >= 0.6 is 12.4 Å². The summed E-state index contributed by atoms with van der Waals surface area (Å²) in [6, 6.07) is 19.7. The number of nitrogens with zero attached hydrogens (tertiary/aromatic N) is 1. The highest BCUT2D eigenvalue weighted by atomic mass is 35.5. The summed E-state index contributed by atoms with van der Waals surface area (Å²) in [6.07, 6.45) is 1.93. The molecule has 3 nitrogen and oxygen atoms in total. The van der Waals surface area contributed by atoms with Crippen LogP contribution in [0.2, 0.25) is 0 Å². The first-order valence-corrected chi connectivity index (χ1v) is 7.42. The molecule has 0 fully saturated rings. The maximum Gasteiger partial charge on any atom is 0.251 e. The number of likely N-dealkylation sites (N-methyl/N-ethyl adjacent to an activating group) is 1. The van der Waals surface area contributed by atoms with Gasteiger partial charge < -0.3 is 10.2 Å². The van der Waals surface area contributed by atoms with E-state index in [4.69, 9.17) is 0 Å². The van der Waals surface area contributed by atoms with E-state index in [1.54, 1.807) is 0 Å². The third-order valence-electron chi connectivity index (χ3n) is 3.28. The van der Waals surface area contributed by atoms with Crippen LogP contribution in [0.5, 0.6) is 0 Å². The Morgan fingerprint density at radius 3 is 2.13 bits per heavy atom. The summed E-state index contributed by atoms with van der Waals surface area (Å²) >= 11 is 0. The van der Waals surface area contributed by atoms with Crippen molar-refractivity contribution in [3.8, 4) is 0 Å². The summed E-state index contributed by atoms with van der Waals surface area (Å²) in [5.41, 5.74) is 2.63. The normalized spacial score (nSPS) is 11.0. The number of carbonyl (C=O) groups excluding carboxylic acids is 1. The van der Waals surface area contributed by atoms with Crippen molar-refractivity contribution in [2.24, 2.45) is 0 Å². The largest absolute Gasteiger partial charge is 0.351 e. The second kappa shape index (κ2) is 9.82. The molecule has 0 saturated heterocycles. The van der Waals surface area contributed by atoms with Crippen LogP contribution in [0.25, 0.3) is 11.6 Å². The van der Waals surface area contributed by atoms with E-state index < -0.39 is 0 Å². The molecule has 2 aromatic carbocycles. The van der Waals surface area contributed by atoms with Crippen molar-refractivity contribution in [1.29, 1.82) is 0 Å². The molecule has 2 aromatic rings. The first kappa shape index (κ1) is 18.9. The van der Waals surface area contributed by atoms with Crippen LogP contribution in [0, 0.1) is 0 Å². The van der Waals surface area contributed by atoms with Gasteiger partial charge in [0.25, 0.3) is 5.91 Å². The minimum atomic E-state index is -0.0445. The molecule has 4 heteroatoms. The summed E-state index contributed by atoms with van der Waals surface area (Å²) in [6.45, 7) is 1.45. The zero-order chi connectivity index (χ0) is 15.8. The Hall–Kier alpha value is -2.10. The lowest BCUT2D eigenvalue weighted by atomic mass is 10.0. The Bertz CT molecular complexity index is 624. The molecule has 0 radical (unpaired) electrons. The number of benzene rings is 2. The number of nitrogens with one attached hydrogen (secondary N) is 1. The fraction of sp³-hybridized carbons (Fsp3) is 0.211. The molecule has 23 heavy (non-hydrogen) atoms. The van der Waals surface area contributed by atoms with Gasteiger partial charge in [-0.15, -0.1) is 12.4 Å². The van der Waals surface area contributed by atoms with E-state index in [9.17, 15) is 4.79 Å². The predicted molar refractivity (Wildman–Crippen MR) is 99.6 cm³/mol. The van der Waals surface area contributed by atoms with E-state index >= 15 is 0 Å². The molecule has 0 spiro atoms. The van der Waals surface area contributed by atoms with Crippen LogP contribution in [0.15, 0.2) is 60.7 Å². The van der Waals surface area contributed by atoms with Crippen LogP contribution in [0.1, 0.15) is 11.1 Å². The molecular formula is C19H23ClN2O. The van der Waals surface area contributed by atoms with Crippen molar-refractivity contribution in [3.05, 3.63) is 71.8 Å². The molecule has 0 bridgehead atoms. The van der Waals surface area contributed by atoms with Crippen molar-refractivity contribution in [1.82, 2.24) is 10.2 Å². The van der Waals surface area contributed by atoms with Gasteiger partial charge in [0.15, 0.2) is 0 Å². The van der Waals surface area contributed by atoms with Gasteiger partial charge in [-0.25, -0.2) is 0 Å². The molecule has 0 aliphatic rings. The third kappa shape index (κ3) is 6.27. The summed E-state index contributed by atoms with van der Waals surface area (Å²) in [5, 5.41) is 2.98. The zero-order valence-corrected chi connectivity index (χ0v) is 14.3. The van der Waals surface area contributed by atoms with Crippen molar-refractivity contribution in [3.63, 3.8) is 0 Å². The summed E-state index contributed by atoms with van der Waals surface area (Å²) < 4.78 is 0. The number of hydrogen-bond donors (Lipinski definition) is 1. The van der Waals surface area contributed by atoms with E-state index in [0.29, 0.717) is 12.1 Å². The van der Waals surface area contributed by atoms with Gasteiger partial charge in [-0.3, -0.25) is 4.79 Å². The fourth-order valence-corrected chi connectivity index (χ4v) is 2.10. The molecule has 1 N–H and O–H groups in total. The molecular weight excluding hydrogens is 308 g/mol. The zero-order valence-electron chi connectivity index (χ0n) is 13.5. The average Bonchev–Trinajstić information content (AvgIpc) is 2.54. The highest BCUT2D eigenvalue weighted by Crippen LogP contribution is 2.18. The lowest BCUT2D eigenvalue weighted by molar-refractivity contribution is -0.115. The Balaban J connectivity index is 0.00000264. The van der Waals surface area contributed by atoms with Gasteiger partial charge in [-0.05, 0) is 31.3 Å². The van der Waals surface area contributed by atoms with Crippen molar-refractivity contribution >= 4 is 30.0 Å². The van der Waals surface area contributed by atoms with Gasteiger partial charge in [0.2, 0.25) is 0 Å². The average molecular weight is 331 g/mol. The van der Waals surface area contributed by atoms with Crippen LogP contribution in [-0.4, -0.2) is 38.0 Å². The van der Waals surface area contributed by atoms with Gasteiger partial charge in [0, 0.05) is 18.7 Å². The number of hydrogen-bond acceptors (Lipinski definition) is 2. The number of amides is 1. The van der Waals surface area contributed by atoms with Crippen LogP contribution in [0.3, 0.4) is 0 Å². The summed E-state index contributed by atoms with van der Waals surface area (Å²) in [5.74, 6) is -0.0445. The Morgan fingerprint density at radius 1 is 1.00 bits per heavy atom. The molecule has 1 amide bonds. The Labute approximate surface area is 144 Å². The number of rotatable bonds is 6. The van der Waals surface area contributed by atoms with E-state index in [1.165, 1.54) is 0 Å². The Morgan fingerprint density at radius 2 is 1.57 bits per heavy atom. The van der Waals surface area contributed by atoms with E-state index in [-0.39, 0.29) is 18.3 Å². The smallest absolute Gasteiger partial charge is 0.251 e. The van der Waals surface area contributed by atoms with Crippen molar-refractivity contribution in [2.45, 2.75) is 0 Å². The highest BCUT2D eigenvalue weighted by Gasteiger charge is 2.11. The van der Waals surface area contributed by atoms with Crippen molar-refractivity contribution in [2.75, 3.05) is 27.2 Å². The van der Waals surface area contributed by atoms with Crippen LogP contribution < -0.4 is 5.32 Å². The maximum atomic E-state index is 12.5. The van der Waals surface area contributed by atoms with Crippen LogP contribution in [-0.2, 0) is 4.79 Å². The quantitative estimate of drug-likeness (QED) is 0.651. The lowest BCUT2D eigenvalue weighted by Crippen LogP contribution is -2.31. The molecule has 2 rings (SSSR count). The highest BCUT2D eigenvalue weighted by molar-refractivity contribution is 6.24. The van der Waals surface area contributed by atoms with Gasteiger partial charge in [-0.2, -0.15) is 0 Å². The minimum Gasteiger partial charge on any atom is -0.351 e. The van der Waals surface area contributed by atoms with Gasteiger partial charge in [-0.1, -0.05) is 60.7 Å². The first-order valence-electron chi connectivity index (χ1n) is 7.42. The summed E-state index contributed by atoms with van der Waals surface area (Å²) in [4.78, 5) is 14.6. The van der Waals surface area contributed by atoms with E-state index in [1.807, 2.05) is 85.7 Å².